The summed E-state index contributed by atoms with van der Waals surface area (Å²) in [7, 11) is 0. The molecule has 4 nitrogen and oxygen atoms in total. The molecule has 0 saturated carbocycles. The molecule has 0 aromatic heterocycles. The lowest BCUT2D eigenvalue weighted by Crippen LogP contribution is -2.18. The predicted octanol–water partition coefficient (Wildman–Crippen LogP) is 1.23. The van der Waals surface area contributed by atoms with Gasteiger partial charge in [-0.15, -0.1) is 12.8 Å². The maximum absolute atomic E-state index is 10.1. The number of hydrogen-bond donors (Lipinski definition) is 1. The van der Waals surface area contributed by atoms with E-state index < -0.39 is 0 Å². The van der Waals surface area contributed by atoms with Gasteiger partial charge in [-0.3, -0.25) is 9.59 Å². The van der Waals surface area contributed by atoms with Crippen molar-refractivity contribution in [3.05, 3.63) is 36.4 Å². The quantitative estimate of drug-likeness (QED) is 0.369. The van der Waals surface area contributed by atoms with E-state index in [4.69, 9.17) is 0 Å². The molecule has 4 heteroatoms. The molecule has 0 spiro atoms. The molecule has 0 bridgehead atoms. The summed E-state index contributed by atoms with van der Waals surface area (Å²) in [6.07, 6.45) is 8.56. The normalized spacial score (nSPS) is 7.24. The molecular formula is C13H17NO3. The Labute approximate surface area is 102 Å². The zero-order valence-electron chi connectivity index (χ0n) is 9.84. The van der Waals surface area contributed by atoms with E-state index in [2.05, 4.69) is 22.9 Å². The summed E-state index contributed by atoms with van der Waals surface area (Å²) in [5, 5.41) is 2.35. The van der Waals surface area contributed by atoms with Gasteiger partial charge in [0.1, 0.15) is 6.61 Å². The van der Waals surface area contributed by atoms with Crippen molar-refractivity contribution in [3.63, 3.8) is 0 Å². The van der Waals surface area contributed by atoms with Crippen LogP contribution < -0.4 is 5.32 Å². The Morgan fingerprint density at radius 3 is 1.88 bits per heavy atom. The Kier molecular flexibility index (Phi) is 16.3. The molecule has 0 heterocycles. The van der Waals surface area contributed by atoms with Crippen LogP contribution in [-0.4, -0.2) is 25.5 Å². The van der Waals surface area contributed by atoms with Crippen molar-refractivity contribution < 1.29 is 14.3 Å². The monoisotopic (exact) mass is 235 g/mol. The van der Waals surface area contributed by atoms with Gasteiger partial charge >= 0.3 is 5.97 Å². The van der Waals surface area contributed by atoms with E-state index in [9.17, 15) is 9.59 Å². The molecule has 1 N–H and O–H groups in total. The average molecular weight is 235 g/mol. The number of amides is 1. The first-order valence-electron chi connectivity index (χ1n) is 4.91. The summed E-state index contributed by atoms with van der Waals surface area (Å²) in [5.74, 6) is -0.331. The first-order valence-corrected chi connectivity index (χ1v) is 4.91. The number of hydrogen-bond acceptors (Lipinski definition) is 3. The Morgan fingerprint density at radius 2 is 1.59 bits per heavy atom. The van der Waals surface area contributed by atoms with Crippen molar-refractivity contribution in [1.82, 2.24) is 5.32 Å². The number of esters is 1. The van der Waals surface area contributed by atoms with Gasteiger partial charge in [0.2, 0.25) is 6.41 Å². The van der Waals surface area contributed by atoms with Crippen LogP contribution in [0, 0.1) is 12.8 Å². The molecule has 0 unspecified atom stereocenters. The summed E-state index contributed by atoms with van der Waals surface area (Å²) < 4.78 is 4.48. The molecule has 0 aliphatic heterocycles. The third-order valence-corrected chi connectivity index (χ3v) is 1.30. The van der Waals surface area contributed by atoms with Gasteiger partial charge in [0, 0.05) is 6.92 Å². The molecule has 1 amide bonds. The summed E-state index contributed by atoms with van der Waals surface area (Å²) in [6.45, 7) is 1.94. The highest BCUT2D eigenvalue weighted by Gasteiger charge is 1.88. The summed E-state index contributed by atoms with van der Waals surface area (Å²) >= 11 is 0. The van der Waals surface area contributed by atoms with Crippen molar-refractivity contribution in [2.45, 2.75) is 6.92 Å². The van der Waals surface area contributed by atoms with Crippen LogP contribution in [0.1, 0.15) is 6.92 Å². The van der Waals surface area contributed by atoms with Crippen molar-refractivity contribution in [1.29, 1.82) is 0 Å². The Balaban J connectivity index is 0. The predicted molar refractivity (Wildman–Crippen MR) is 67.0 cm³/mol. The number of ether oxygens (including phenoxy) is 1. The number of carbonyl (C=O) groups is 2. The molecule has 0 atom stereocenters. The van der Waals surface area contributed by atoms with Crippen molar-refractivity contribution in [2.75, 3.05) is 13.2 Å². The van der Waals surface area contributed by atoms with Gasteiger partial charge in [0.05, 0.1) is 6.54 Å². The van der Waals surface area contributed by atoms with Crippen molar-refractivity contribution in [3.8, 4) is 12.8 Å². The van der Waals surface area contributed by atoms with Crippen LogP contribution >= 0.6 is 0 Å². The van der Waals surface area contributed by atoms with E-state index in [-0.39, 0.29) is 12.6 Å². The fraction of sp³-hybridized carbons (Fsp3) is 0.231. The minimum atomic E-state index is -0.331. The fourth-order valence-electron chi connectivity index (χ4n) is 0.698. The Hall–Kier alpha value is -2.28. The molecule has 0 saturated heterocycles. The minimum Gasteiger partial charge on any atom is -0.464 e. The van der Waals surface area contributed by atoms with Gasteiger partial charge in [-0.05, 0) is 0 Å². The van der Waals surface area contributed by atoms with Gasteiger partial charge in [-0.1, -0.05) is 36.4 Å². The number of nitrogens with one attached hydrogen (secondary N) is 1. The van der Waals surface area contributed by atoms with Crippen LogP contribution in [0.25, 0.3) is 0 Å². The van der Waals surface area contributed by atoms with E-state index in [1.807, 2.05) is 36.4 Å². The topological polar surface area (TPSA) is 55.4 Å². The minimum absolute atomic E-state index is 0.244. The molecule has 1 aromatic carbocycles. The standard InChI is InChI=1S/C6H6.C5H9NO3.C2H2/c1-2-4-6-5-3-1;1-5(8)9-3-2-6-4-7;1-2/h1-6H;4H,2-3H2,1H3,(H,6,7);1-2H. The Morgan fingerprint density at radius 1 is 1.18 bits per heavy atom. The molecule has 0 aliphatic rings. The fourth-order valence-corrected chi connectivity index (χ4v) is 0.698. The second kappa shape index (κ2) is 16.2. The molecule has 92 valence electrons. The summed E-state index contributed by atoms with van der Waals surface area (Å²) in [4.78, 5) is 19.7. The van der Waals surface area contributed by atoms with E-state index in [0.29, 0.717) is 13.0 Å². The van der Waals surface area contributed by atoms with E-state index in [0.717, 1.165) is 0 Å². The number of benzene rings is 1. The molecule has 0 radical (unpaired) electrons. The van der Waals surface area contributed by atoms with Crippen molar-refractivity contribution in [2.24, 2.45) is 0 Å². The van der Waals surface area contributed by atoms with Crippen LogP contribution in [0.2, 0.25) is 0 Å². The second-order valence-corrected chi connectivity index (χ2v) is 2.57. The highest BCUT2D eigenvalue weighted by molar-refractivity contribution is 5.65. The van der Waals surface area contributed by atoms with Crippen LogP contribution in [0.5, 0.6) is 0 Å². The van der Waals surface area contributed by atoms with Gasteiger partial charge < -0.3 is 10.1 Å². The molecule has 1 aromatic rings. The summed E-state index contributed by atoms with van der Waals surface area (Å²) in [6, 6.07) is 12.0. The molecule has 1 rings (SSSR count). The highest BCUT2D eigenvalue weighted by Crippen LogP contribution is 1.79. The third kappa shape index (κ3) is 19.9. The molecule has 0 aliphatic carbocycles. The number of terminal acetylenes is 1. The van der Waals surface area contributed by atoms with Crippen LogP contribution in [0.15, 0.2) is 36.4 Å². The van der Waals surface area contributed by atoms with Gasteiger partial charge in [0.25, 0.3) is 0 Å². The van der Waals surface area contributed by atoms with E-state index >= 15 is 0 Å². The van der Waals surface area contributed by atoms with Crippen LogP contribution in [0.4, 0.5) is 0 Å². The summed E-state index contributed by atoms with van der Waals surface area (Å²) in [5.41, 5.74) is 0. The maximum Gasteiger partial charge on any atom is 0.302 e. The van der Waals surface area contributed by atoms with Gasteiger partial charge in [-0.2, -0.15) is 0 Å². The lowest BCUT2D eigenvalue weighted by Gasteiger charge is -1.98. The number of rotatable bonds is 4. The zero-order chi connectivity index (χ0) is 13.4. The molecule has 17 heavy (non-hydrogen) atoms. The van der Waals surface area contributed by atoms with Gasteiger partial charge in [0.15, 0.2) is 0 Å². The smallest absolute Gasteiger partial charge is 0.302 e. The lowest BCUT2D eigenvalue weighted by molar-refractivity contribution is -0.141. The SMILES string of the molecule is C#C.CC(=O)OCCNC=O.c1ccccc1. The zero-order valence-corrected chi connectivity index (χ0v) is 9.84. The molecular weight excluding hydrogens is 218 g/mol. The van der Waals surface area contributed by atoms with Crippen molar-refractivity contribution >= 4 is 12.4 Å². The molecule has 0 fully saturated rings. The first kappa shape index (κ1) is 17.1. The third-order valence-electron chi connectivity index (χ3n) is 1.30. The highest BCUT2D eigenvalue weighted by atomic mass is 16.5. The van der Waals surface area contributed by atoms with E-state index in [1.165, 1.54) is 6.92 Å². The number of carbonyl (C=O) groups excluding carboxylic acids is 2. The van der Waals surface area contributed by atoms with Crippen LogP contribution in [-0.2, 0) is 14.3 Å². The second-order valence-electron chi connectivity index (χ2n) is 2.57. The largest absolute Gasteiger partial charge is 0.464 e. The van der Waals surface area contributed by atoms with Crippen LogP contribution in [0.3, 0.4) is 0 Å². The van der Waals surface area contributed by atoms with Gasteiger partial charge in [-0.25, -0.2) is 0 Å². The average Bonchev–Trinajstić information content (AvgIpc) is 2.40. The maximum atomic E-state index is 10.1. The lowest BCUT2D eigenvalue weighted by atomic mass is 10.4. The van der Waals surface area contributed by atoms with E-state index in [1.54, 1.807) is 0 Å². The Bertz CT molecular complexity index is 269. The first-order chi connectivity index (χ1) is 8.27.